The molecule has 5 nitrogen and oxygen atoms in total. The van der Waals surface area contributed by atoms with Crippen molar-refractivity contribution in [2.24, 2.45) is 0 Å². The SMILES string of the molecule is O=C(CCc1conc1-c1ccccc1F)N1CCN(c2ccccc2)CC1. The van der Waals surface area contributed by atoms with Crippen molar-refractivity contribution >= 4 is 11.6 Å². The van der Waals surface area contributed by atoms with E-state index in [2.05, 4.69) is 22.2 Å². The van der Waals surface area contributed by atoms with Crippen LogP contribution in [0.3, 0.4) is 0 Å². The number of aromatic nitrogens is 1. The molecule has 2 aromatic carbocycles. The molecule has 1 aromatic heterocycles. The van der Waals surface area contributed by atoms with Crippen molar-refractivity contribution in [3.63, 3.8) is 0 Å². The van der Waals surface area contributed by atoms with Gasteiger partial charge in [0.1, 0.15) is 17.8 Å². The number of nitrogens with zero attached hydrogens (tertiary/aromatic N) is 3. The summed E-state index contributed by atoms with van der Waals surface area (Å²) >= 11 is 0. The number of carbonyl (C=O) groups is 1. The molecule has 1 aliphatic heterocycles. The summed E-state index contributed by atoms with van der Waals surface area (Å²) in [6, 6.07) is 16.7. The monoisotopic (exact) mass is 379 g/mol. The molecular weight excluding hydrogens is 357 g/mol. The minimum atomic E-state index is -0.346. The van der Waals surface area contributed by atoms with E-state index in [-0.39, 0.29) is 11.7 Å². The van der Waals surface area contributed by atoms with Gasteiger partial charge in [0, 0.05) is 49.4 Å². The van der Waals surface area contributed by atoms with Gasteiger partial charge in [0.05, 0.1) is 0 Å². The number of hydrogen-bond donors (Lipinski definition) is 0. The maximum Gasteiger partial charge on any atom is 0.223 e. The Morgan fingerprint density at radius 1 is 1.00 bits per heavy atom. The van der Waals surface area contributed by atoms with E-state index in [0.29, 0.717) is 37.2 Å². The summed E-state index contributed by atoms with van der Waals surface area (Å²) in [6.45, 7) is 3.06. The average molecular weight is 379 g/mol. The van der Waals surface area contributed by atoms with Crippen LogP contribution in [0.25, 0.3) is 11.3 Å². The third-order valence-electron chi connectivity index (χ3n) is 5.13. The molecule has 0 aliphatic carbocycles. The smallest absolute Gasteiger partial charge is 0.223 e. The van der Waals surface area contributed by atoms with E-state index in [1.807, 2.05) is 23.1 Å². The number of anilines is 1. The van der Waals surface area contributed by atoms with Crippen LogP contribution in [0, 0.1) is 5.82 Å². The normalized spacial score (nSPS) is 14.3. The van der Waals surface area contributed by atoms with Crippen molar-refractivity contribution in [1.29, 1.82) is 0 Å². The fourth-order valence-corrected chi connectivity index (χ4v) is 3.56. The lowest BCUT2D eigenvalue weighted by molar-refractivity contribution is -0.131. The number of piperazine rings is 1. The zero-order chi connectivity index (χ0) is 19.3. The van der Waals surface area contributed by atoms with Gasteiger partial charge in [0.15, 0.2) is 0 Å². The van der Waals surface area contributed by atoms with Crippen LogP contribution in [-0.2, 0) is 11.2 Å². The Morgan fingerprint density at radius 3 is 2.46 bits per heavy atom. The standard InChI is InChI=1S/C22H22FN3O2/c23-20-9-5-4-8-19(20)22-17(16-28-24-22)10-11-21(27)26-14-12-25(13-15-26)18-6-2-1-3-7-18/h1-9,16H,10-15H2. The van der Waals surface area contributed by atoms with Gasteiger partial charge in [-0.3, -0.25) is 4.79 Å². The Bertz CT molecular complexity index is 934. The van der Waals surface area contributed by atoms with E-state index >= 15 is 0 Å². The zero-order valence-electron chi connectivity index (χ0n) is 15.6. The predicted molar refractivity (Wildman–Crippen MR) is 105 cm³/mol. The van der Waals surface area contributed by atoms with Gasteiger partial charge in [-0.05, 0) is 30.7 Å². The number of hydrogen-bond acceptors (Lipinski definition) is 4. The highest BCUT2D eigenvalue weighted by molar-refractivity contribution is 5.77. The molecule has 1 fully saturated rings. The van der Waals surface area contributed by atoms with Crippen LogP contribution in [0.2, 0.25) is 0 Å². The van der Waals surface area contributed by atoms with Crippen LogP contribution >= 0.6 is 0 Å². The number of carbonyl (C=O) groups excluding carboxylic acids is 1. The van der Waals surface area contributed by atoms with Gasteiger partial charge in [-0.25, -0.2) is 4.39 Å². The number of para-hydroxylation sites is 1. The van der Waals surface area contributed by atoms with Crippen LogP contribution in [-0.4, -0.2) is 42.1 Å². The lowest BCUT2D eigenvalue weighted by Crippen LogP contribution is -2.48. The van der Waals surface area contributed by atoms with Gasteiger partial charge >= 0.3 is 0 Å². The summed E-state index contributed by atoms with van der Waals surface area (Å²) in [5.41, 5.74) is 2.81. The number of halogens is 1. The largest absolute Gasteiger partial charge is 0.368 e. The predicted octanol–water partition coefficient (Wildman–Crippen LogP) is 3.76. The Morgan fingerprint density at radius 2 is 1.71 bits per heavy atom. The Balaban J connectivity index is 1.34. The topological polar surface area (TPSA) is 49.6 Å². The summed E-state index contributed by atoms with van der Waals surface area (Å²) in [6.07, 6.45) is 2.33. The van der Waals surface area contributed by atoms with Gasteiger partial charge in [-0.15, -0.1) is 0 Å². The van der Waals surface area contributed by atoms with E-state index in [1.54, 1.807) is 18.2 Å². The third-order valence-corrected chi connectivity index (χ3v) is 5.13. The Kier molecular flexibility index (Phi) is 5.37. The fraction of sp³-hybridized carbons (Fsp3) is 0.273. The molecule has 0 radical (unpaired) electrons. The van der Waals surface area contributed by atoms with E-state index in [1.165, 1.54) is 18.0 Å². The van der Waals surface area contributed by atoms with Gasteiger partial charge in [-0.2, -0.15) is 0 Å². The molecule has 0 saturated carbocycles. The quantitative estimate of drug-likeness (QED) is 0.677. The lowest BCUT2D eigenvalue weighted by Gasteiger charge is -2.36. The summed E-state index contributed by atoms with van der Waals surface area (Å²) in [5, 5.41) is 3.93. The second-order valence-corrected chi connectivity index (χ2v) is 6.87. The molecule has 6 heteroatoms. The lowest BCUT2D eigenvalue weighted by atomic mass is 10.0. The molecule has 1 aliphatic rings. The van der Waals surface area contributed by atoms with Crippen molar-refractivity contribution in [1.82, 2.24) is 10.1 Å². The number of amides is 1. The highest BCUT2D eigenvalue weighted by Crippen LogP contribution is 2.26. The van der Waals surface area contributed by atoms with Crippen LogP contribution in [0.1, 0.15) is 12.0 Å². The van der Waals surface area contributed by atoms with Crippen molar-refractivity contribution in [3.05, 3.63) is 72.2 Å². The van der Waals surface area contributed by atoms with Crippen LogP contribution in [0.5, 0.6) is 0 Å². The summed E-state index contributed by atoms with van der Waals surface area (Å²) in [4.78, 5) is 16.8. The summed E-state index contributed by atoms with van der Waals surface area (Å²) in [5.74, 6) is -0.241. The molecule has 0 spiro atoms. The molecule has 28 heavy (non-hydrogen) atoms. The molecule has 0 atom stereocenters. The Labute approximate surface area is 163 Å². The van der Waals surface area contributed by atoms with E-state index < -0.39 is 0 Å². The molecule has 2 heterocycles. The van der Waals surface area contributed by atoms with Crippen molar-refractivity contribution in [2.75, 3.05) is 31.1 Å². The molecule has 4 rings (SSSR count). The van der Waals surface area contributed by atoms with Crippen molar-refractivity contribution in [2.45, 2.75) is 12.8 Å². The van der Waals surface area contributed by atoms with Crippen molar-refractivity contribution < 1.29 is 13.7 Å². The van der Waals surface area contributed by atoms with Gasteiger partial charge < -0.3 is 14.3 Å². The Hall–Kier alpha value is -3.15. The molecular formula is C22H22FN3O2. The molecule has 0 bridgehead atoms. The maximum absolute atomic E-state index is 14.0. The van der Waals surface area contributed by atoms with Gasteiger partial charge in [-0.1, -0.05) is 35.5 Å². The molecule has 0 unspecified atom stereocenters. The van der Waals surface area contributed by atoms with Gasteiger partial charge in [0.2, 0.25) is 5.91 Å². The van der Waals surface area contributed by atoms with Crippen LogP contribution in [0.15, 0.2) is 65.4 Å². The van der Waals surface area contributed by atoms with E-state index in [0.717, 1.165) is 18.7 Å². The summed E-state index contributed by atoms with van der Waals surface area (Å²) in [7, 11) is 0. The second-order valence-electron chi connectivity index (χ2n) is 6.87. The molecule has 1 amide bonds. The summed E-state index contributed by atoms with van der Waals surface area (Å²) < 4.78 is 19.1. The highest BCUT2D eigenvalue weighted by Gasteiger charge is 2.22. The number of benzene rings is 2. The van der Waals surface area contributed by atoms with E-state index in [9.17, 15) is 9.18 Å². The first-order valence-corrected chi connectivity index (χ1v) is 9.48. The second kappa shape index (κ2) is 8.25. The molecule has 0 N–H and O–H groups in total. The molecule has 3 aromatic rings. The number of aryl methyl sites for hydroxylation is 1. The fourth-order valence-electron chi connectivity index (χ4n) is 3.56. The first-order chi connectivity index (χ1) is 13.7. The number of rotatable bonds is 5. The van der Waals surface area contributed by atoms with Gasteiger partial charge in [0.25, 0.3) is 0 Å². The molecule has 144 valence electrons. The first kappa shape index (κ1) is 18.2. The highest BCUT2D eigenvalue weighted by atomic mass is 19.1. The third kappa shape index (κ3) is 3.91. The van der Waals surface area contributed by atoms with Crippen LogP contribution in [0.4, 0.5) is 10.1 Å². The van der Waals surface area contributed by atoms with Crippen LogP contribution < -0.4 is 4.90 Å². The molecule has 1 saturated heterocycles. The zero-order valence-corrected chi connectivity index (χ0v) is 15.6. The minimum Gasteiger partial charge on any atom is -0.368 e. The van der Waals surface area contributed by atoms with E-state index in [4.69, 9.17) is 4.52 Å². The van der Waals surface area contributed by atoms with Crippen molar-refractivity contribution in [3.8, 4) is 11.3 Å². The minimum absolute atomic E-state index is 0.105. The average Bonchev–Trinajstić information content (AvgIpc) is 3.21. The first-order valence-electron chi connectivity index (χ1n) is 9.48. The maximum atomic E-state index is 14.0.